The molecule has 0 aliphatic heterocycles. The van der Waals surface area contributed by atoms with Gasteiger partial charge in [-0.3, -0.25) is 0 Å². The fourth-order valence-electron chi connectivity index (χ4n) is 2.16. The smallest absolute Gasteiger partial charge is 0.232 e. The lowest BCUT2D eigenvalue weighted by Gasteiger charge is -2.12. The number of benzene rings is 2. The topological polar surface area (TPSA) is 62.7 Å². The molecule has 0 radical (unpaired) electrons. The summed E-state index contributed by atoms with van der Waals surface area (Å²) in [5.74, 6) is 1.57. The van der Waals surface area contributed by atoms with Crippen LogP contribution in [0.1, 0.15) is 13.8 Å². The zero-order chi connectivity index (χ0) is 16.9. The fraction of sp³-hybridized carbons (Fsp3) is 0.167. The zero-order valence-corrected chi connectivity index (χ0v) is 14.2. The lowest BCUT2D eigenvalue weighted by molar-refractivity contribution is 0.869. The van der Waals surface area contributed by atoms with Crippen LogP contribution in [0.3, 0.4) is 0 Å². The number of para-hydroxylation sites is 1. The largest absolute Gasteiger partial charge is 0.352 e. The van der Waals surface area contributed by atoms with Crippen molar-refractivity contribution >= 4 is 29.2 Å². The van der Waals surface area contributed by atoms with Crippen molar-refractivity contribution in [2.24, 2.45) is 0 Å². The van der Waals surface area contributed by atoms with Crippen LogP contribution in [0.4, 0.5) is 17.6 Å². The van der Waals surface area contributed by atoms with Crippen LogP contribution in [-0.4, -0.2) is 21.0 Å². The third-order valence-electron chi connectivity index (χ3n) is 3.17. The van der Waals surface area contributed by atoms with Gasteiger partial charge in [-0.25, -0.2) is 0 Å². The minimum atomic E-state index is 0.212. The van der Waals surface area contributed by atoms with Crippen molar-refractivity contribution < 1.29 is 0 Å². The molecule has 0 fully saturated rings. The summed E-state index contributed by atoms with van der Waals surface area (Å²) in [6.07, 6.45) is 0. The third-order valence-corrected chi connectivity index (χ3v) is 3.40. The van der Waals surface area contributed by atoms with Crippen molar-refractivity contribution in [3.05, 3.63) is 59.6 Å². The molecule has 0 amide bonds. The van der Waals surface area contributed by atoms with E-state index in [1.54, 1.807) is 0 Å². The molecular weight excluding hydrogens is 322 g/mol. The van der Waals surface area contributed by atoms with Crippen LogP contribution in [0.15, 0.2) is 54.6 Å². The van der Waals surface area contributed by atoms with E-state index in [1.807, 2.05) is 68.4 Å². The van der Waals surface area contributed by atoms with Gasteiger partial charge in [-0.15, -0.1) is 0 Å². The van der Waals surface area contributed by atoms with E-state index < -0.39 is 0 Å². The fourth-order valence-corrected chi connectivity index (χ4v) is 2.35. The molecule has 24 heavy (non-hydrogen) atoms. The second-order valence-corrected chi connectivity index (χ2v) is 6.04. The molecule has 3 aromatic rings. The molecule has 1 aromatic heterocycles. The minimum absolute atomic E-state index is 0.212. The normalized spacial score (nSPS) is 10.7. The van der Waals surface area contributed by atoms with Gasteiger partial charge >= 0.3 is 0 Å². The van der Waals surface area contributed by atoms with E-state index in [0.29, 0.717) is 22.7 Å². The summed E-state index contributed by atoms with van der Waals surface area (Å²) >= 11 is 6.09. The Bertz CT molecular complexity index is 821. The van der Waals surface area contributed by atoms with Crippen molar-refractivity contribution in [2.45, 2.75) is 19.9 Å². The Hall–Kier alpha value is -2.66. The highest BCUT2D eigenvalue weighted by Crippen LogP contribution is 2.22. The average molecular weight is 340 g/mol. The molecule has 0 saturated heterocycles. The maximum absolute atomic E-state index is 6.09. The first-order chi connectivity index (χ1) is 11.6. The quantitative estimate of drug-likeness (QED) is 0.702. The van der Waals surface area contributed by atoms with Gasteiger partial charge in [-0.05, 0) is 38.1 Å². The first kappa shape index (κ1) is 16.2. The molecule has 0 aliphatic rings. The van der Waals surface area contributed by atoms with Gasteiger partial charge in [0.2, 0.25) is 11.9 Å². The first-order valence-corrected chi connectivity index (χ1v) is 8.08. The van der Waals surface area contributed by atoms with Crippen molar-refractivity contribution in [2.75, 3.05) is 10.6 Å². The van der Waals surface area contributed by atoms with Crippen molar-refractivity contribution in [1.29, 1.82) is 0 Å². The first-order valence-electron chi connectivity index (χ1n) is 7.71. The summed E-state index contributed by atoms with van der Waals surface area (Å²) in [7, 11) is 0. The van der Waals surface area contributed by atoms with Crippen LogP contribution >= 0.6 is 11.6 Å². The zero-order valence-electron chi connectivity index (χ0n) is 13.5. The number of aromatic nitrogens is 3. The Kier molecular flexibility index (Phi) is 4.91. The van der Waals surface area contributed by atoms with Crippen molar-refractivity contribution in [3.8, 4) is 11.4 Å². The van der Waals surface area contributed by atoms with Gasteiger partial charge in [0.05, 0.1) is 0 Å². The lowest BCUT2D eigenvalue weighted by Crippen LogP contribution is -2.14. The van der Waals surface area contributed by atoms with E-state index in [9.17, 15) is 0 Å². The summed E-state index contributed by atoms with van der Waals surface area (Å²) in [6, 6.07) is 17.4. The van der Waals surface area contributed by atoms with E-state index >= 15 is 0 Å². The van der Waals surface area contributed by atoms with E-state index in [2.05, 4.69) is 25.6 Å². The number of hydrogen-bond acceptors (Lipinski definition) is 5. The molecule has 0 spiro atoms. The Balaban J connectivity index is 2.00. The predicted molar refractivity (Wildman–Crippen MR) is 98.8 cm³/mol. The second kappa shape index (κ2) is 7.27. The maximum atomic E-state index is 6.09. The number of halogens is 1. The summed E-state index contributed by atoms with van der Waals surface area (Å²) in [4.78, 5) is 13.4. The van der Waals surface area contributed by atoms with Crippen LogP contribution in [0.2, 0.25) is 5.02 Å². The molecule has 0 unspecified atom stereocenters. The highest BCUT2D eigenvalue weighted by molar-refractivity contribution is 6.30. The van der Waals surface area contributed by atoms with Gasteiger partial charge in [-0.2, -0.15) is 15.0 Å². The molecule has 0 atom stereocenters. The van der Waals surface area contributed by atoms with E-state index in [-0.39, 0.29) is 6.04 Å². The Labute approximate surface area is 146 Å². The summed E-state index contributed by atoms with van der Waals surface area (Å²) < 4.78 is 0. The minimum Gasteiger partial charge on any atom is -0.352 e. The van der Waals surface area contributed by atoms with Crippen LogP contribution in [0.5, 0.6) is 0 Å². The number of nitrogens with zero attached hydrogens (tertiary/aromatic N) is 3. The van der Waals surface area contributed by atoms with E-state index in [4.69, 9.17) is 11.6 Å². The van der Waals surface area contributed by atoms with Gasteiger partial charge in [0.15, 0.2) is 5.82 Å². The van der Waals surface area contributed by atoms with E-state index in [0.717, 1.165) is 11.3 Å². The molecule has 2 aromatic carbocycles. The maximum Gasteiger partial charge on any atom is 0.232 e. The molecule has 0 bridgehead atoms. The Morgan fingerprint density at radius 2 is 1.62 bits per heavy atom. The lowest BCUT2D eigenvalue weighted by atomic mass is 10.2. The second-order valence-electron chi connectivity index (χ2n) is 5.61. The van der Waals surface area contributed by atoms with E-state index in [1.165, 1.54) is 0 Å². The van der Waals surface area contributed by atoms with Gasteiger partial charge in [-0.1, -0.05) is 41.9 Å². The van der Waals surface area contributed by atoms with Crippen molar-refractivity contribution in [3.63, 3.8) is 0 Å². The van der Waals surface area contributed by atoms with Gasteiger partial charge in [0, 0.05) is 22.3 Å². The summed E-state index contributed by atoms with van der Waals surface area (Å²) in [5.41, 5.74) is 1.75. The standard InChI is InChI=1S/C18H18ClN5/c1-12(2)20-17-22-16(13-7-6-8-14(19)11-13)23-18(24-17)21-15-9-4-3-5-10-15/h3-12H,1-2H3,(H2,20,21,22,23,24). The van der Waals surface area contributed by atoms with Crippen LogP contribution in [0.25, 0.3) is 11.4 Å². The number of anilines is 3. The molecule has 1 heterocycles. The molecule has 122 valence electrons. The summed E-state index contributed by atoms with van der Waals surface area (Å²) in [5, 5.41) is 7.07. The van der Waals surface area contributed by atoms with Crippen LogP contribution in [0, 0.1) is 0 Å². The molecular formula is C18H18ClN5. The highest BCUT2D eigenvalue weighted by atomic mass is 35.5. The number of nitrogens with one attached hydrogen (secondary N) is 2. The summed E-state index contributed by atoms with van der Waals surface area (Å²) in [6.45, 7) is 4.07. The third kappa shape index (κ3) is 4.20. The van der Waals surface area contributed by atoms with Crippen LogP contribution in [-0.2, 0) is 0 Å². The SMILES string of the molecule is CC(C)Nc1nc(Nc2ccccc2)nc(-c2cccc(Cl)c2)n1. The molecule has 0 saturated carbocycles. The van der Waals surface area contributed by atoms with Crippen molar-refractivity contribution in [1.82, 2.24) is 15.0 Å². The number of rotatable bonds is 5. The molecule has 3 rings (SSSR count). The van der Waals surface area contributed by atoms with Gasteiger partial charge in [0.1, 0.15) is 0 Å². The monoisotopic (exact) mass is 339 g/mol. The highest BCUT2D eigenvalue weighted by Gasteiger charge is 2.10. The molecule has 5 nitrogen and oxygen atoms in total. The molecule has 2 N–H and O–H groups in total. The predicted octanol–water partition coefficient (Wildman–Crippen LogP) is 4.76. The van der Waals surface area contributed by atoms with Gasteiger partial charge in [0.25, 0.3) is 0 Å². The Morgan fingerprint density at radius 3 is 2.33 bits per heavy atom. The van der Waals surface area contributed by atoms with Crippen LogP contribution < -0.4 is 10.6 Å². The average Bonchev–Trinajstić information content (AvgIpc) is 2.55. The number of hydrogen-bond donors (Lipinski definition) is 2. The molecule has 0 aliphatic carbocycles. The van der Waals surface area contributed by atoms with Gasteiger partial charge < -0.3 is 10.6 Å². The Morgan fingerprint density at radius 1 is 0.875 bits per heavy atom. The molecule has 6 heteroatoms.